The van der Waals surface area contributed by atoms with E-state index in [2.05, 4.69) is 10.6 Å². The molecule has 0 unspecified atom stereocenters. The zero-order valence-electron chi connectivity index (χ0n) is 18.7. The van der Waals surface area contributed by atoms with Crippen LogP contribution < -0.4 is 20.3 Å². The van der Waals surface area contributed by atoms with E-state index in [9.17, 15) is 18.8 Å². The van der Waals surface area contributed by atoms with Crippen molar-refractivity contribution < 1.29 is 23.5 Å². The van der Waals surface area contributed by atoms with E-state index in [1.165, 1.54) is 24.3 Å². The fraction of sp³-hybridized carbons (Fsp3) is 0.192. The van der Waals surface area contributed by atoms with E-state index < -0.39 is 5.92 Å². The number of rotatable bonds is 8. The summed E-state index contributed by atoms with van der Waals surface area (Å²) in [5.41, 5.74) is 2.03. The molecule has 7 nitrogen and oxygen atoms in total. The van der Waals surface area contributed by atoms with E-state index in [1.54, 1.807) is 41.3 Å². The van der Waals surface area contributed by atoms with Crippen LogP contribution in [0.1, 0.15) is 12.0 Å². The monoisotopic (exact) mass is 495 g/mol. The van der Waals surface area contributed by atoms with Crippen LogP contribution in [-0.2, 0) is 20.9 Å². The molecule has 2 N–H and O–H groups in total. The highest BCUT2D eigenvalue weighted by Crippen LogP contribution is 2.27. The Morgan fingerprint density at radius 1 is 1.00 bits per heavy atom. The smallest absolute Gasteiger partial charge is 0.262 e. The molecule has 9 heteroatoms. The van der Waals surface area contributed by atoms with E-state index in [1.807, 2.05) is 12.1 Å². The number of anilines is 2. The number of benzene rings is 3. The predicted octanol–water partition coefficient (Wildman–Crippen LogP) is 4.17. The number of ether oxygens (including phenoxy) is 1. The van der Waals surface area contributed by atoms with Gasteiger partial charge in [-0.2, -0.15) is 0 Å². The van der Waals surface area contributed by atoms with E-state index in [0.29, 0.717) is 28.7 Å². The summed E-state index contributed by atoms with van der Waals surface area (Å²) in [6.07, 6.45) is 0.133. The van der Waals surface area contributed by atoms with Crippen LogP contribution in [0.5, 0.6) is 5.75 Å². The lowest BCUT2D eigenvalue weighted by Gasteiger charge is -2.17. The Balaban J connectivity index is 1.26. The highest BCUT2D eigenvalue weighted by atomic mass is 35.5. The molecule has 0 spiro atoms. The van der Waals surface area contributed by atoms with E-state index in [4.69, 9.17) is 16.3 Å². The first-order valence-electron chi connectivity index (χ1n) is 11.0. The Hall–Kier alpha value is -3.91. The zero-order valence-corrected chi connectivity index (χ0v) is 19.4. The second kappa shape index (κ2) is 11.0. The Morgan fingerprint density at radius 3 is 2.37 bits per heavy atom. The lowest BCUT2D eigenvalue weighted by molar-refractivity contribution is -0.126. The van der Waals surface area contributed by atoms with Crippen LogP contribution in [0.15, 0.2) is 72.8 Å². The van der Waals surface area contributed by atoms with Gasteiger partial charge in [-0.1, -0.05) is 23.7 Å². The molecular weight excluding hydrogens is 473 g/mol. The van der Waals surface area contributed by atoms with E-state index in [-0.39, 0.29) is 43.1 Å². The molecule has 1 aliphatic heterocycles. The molecule has 1 aliphatic rings. The average molecular weight is 496 g/mol. The summed E-state index contributed by atoms with van der Waals surface area (Å²) in [5, 5.41) is 6.11. The molecule has 3 amide bonds. The summed E-state index contributed by atoms with van der Waals surface area (Å²) in [5.74, 6) is -1.08. The van der Waals surface area contributed by atoms with Crippen LogP contribution in [0.4, 0.5) is 15.8 Å². The fourth-order valence-electron chi connectivity index (χ4n) is 3.67. The van der Waals surface area contributed by atoms with Crippen LogP contribution in [0.25, 0.3) is 0 Å². The molecule has 1 atom stereocenters. The van der Waals surface area contributed by atoms with Gasteiger partial charge in [0.25, 0.3) is 5.91 Å². The third kappa shape index (κ3) is 6.58. The van der Waals surface area contributed by atoms with Crippen molar-refractivity contribution in [3.8, 4) is 5.75 Å². The maximum absolute atomic E-state index is 12.9. The summed E-state index contributed by atoms with van der Waals surface area (Å²) in [6.45, 7) is 0.419. The molecule has 180 valence electrons. The minimum absolute atomic E-state index is 0.133. The Kier molecular flexibility index (Phi) is 7.62. The van der Waals surface area contributed by atoms with Gasteiger partial charge in [0.15, 0.2) is 6.61 Å². The van der Waals surface area contributed by atoms with Crippen molar-refractivity contribution in [3.05, 3.63) is 89.2 Å². The van der Waals surface area contributed by atoms with Crippen molar-refractivity contribution in [1.82, 2.24) is 5.32 Å². The standard InChI is InChI=1S/C26H23ClFN3O4/c27-19-3-1-17(2-4-19)14-29-26(34)18-13-25(33)31(15-18)22-9-11-23(12-10-22)35-16-24(32)30-21-7-5-20(28)6-8-21/h1-12,18H,13-16H2,(H,29,34)(H,30,32)/t18-/m1/s1. The number of nitrogens with one attached hydrogen (secondary N) is 2. The molecule has 3 aromatic carbocycles. The lowest BCUT2D eigenvalue weighted by atomic mass is 10.1. The summed E-state index contributed by atoms with van der Waals surface area (Å²) in [4.78, 5) is 38.7. The van der Waals surface area contributed by atoms with Crippen LogP contribution in [0.3, 0.4) is 0 Å². The van der Waals surface area contributed by atoms with Gasteiger partial charge in [0.05, 0.1) is 5.92 Å². The maximum Gasteiger partial charge on any atom is 0.262 e. The molecule has 0 aromatic heterocycles. The van der Waals surface area contributed by atoms with Crippen molar-refractivity contribution in [2.24, 2.45) is 5.92 Å². The molecule has 0 radical (unpaired) electrons. The maximum atomic E-state index is 12.9. The van der Waals surface area contributed by atoms with E-state index in [0.717, 1.165) is 5.56 Å². The van der Waals surface area contributed by atoms with Gasteiger partial charge in [-0.25, -0.2) is 4.39 Å². The number of hydrogen-bond acceptors (Lipinski definition) is 4. The van der Waals surface area contributed by atoms with Crippen molar-refractivity contribution >= 4 is 40.7 Å². The second-order valence-electron chi connectivity index (χ2n) is 8.09. The van der Waals surface area contributed by atoms with E-state index >= 15 is 0 Å². The Bertz CT molecular complexity index is 1200. The first-order chi connectivity index (χ1) is 16.9. The van der Waals surface area contributed by atoms with Gasteiger partial charge >= 0.3 is 0 Å². The highest BCUT2D eigenvalue weighted by Gasteiger charge is 2.35. The Morgan fingerprint density at radius 2 is 1.69 bits per heavy atom. The van der Waals surface area contributed by atoms with Gasteiger partial charge in [0, 0.05) is 35.9 Å². The summed E-state index contributed by atoms with van der Waals surface area (Å²) in [7, 11) is 0. The first-order valence-corrected chi connectivity index (χ1v) is 11.4. The van der Waals surface area contributed by atoms with Gasteiger partial charge < -0.3 is 20.3 Å². The van der Waals surface area contributed by atoms with Crippen molar-refractivity contribution in [2.45, 2.75) is 13.0 Å². The quantitative estimate of drug-likeness (QED) is 0.491. The normalized spacial score (nSPS) is 15.1. The van der Waals surface area contributed by atoms with Gasteiger partial charge in [0.1, 0.15) is 11.6 Å². The highest BCUT2D eigenvalue weighted by molar-refractivity contribution is 6.30. The molecule has 0 aliphatic carbocycles. The molecular formula is C26H23ClFN3O4. The van der Waals surface area contributed by atoms with Gasteiger partial charge in [-0.05, 0) is 66.2 Å². The molecule has 1 heterocycles. The topological polar surface area (TPSA) is 87.7 Å². The number of hydrogen-bond donors (Lipinski definition) is 2. The fourth-order valence-corrected chi connectivity index (χ4v) is 3.80. The number of carbonyl (C=O) groups is 3. The largest absolute Gasteiger partial charge is 0.484 e. The number of carbonyl (C=O) groups excluding carboxylic acids is 3. The minimum atomic E-state index is -0.444. The molecule has 1 fully saturated rings. The Labute approximate surface area is 206 Å². The summed E-state index contributed by atoms with van der Waals surface area (Å²) < 4.78 is 18.4. The molecule has 0 bridgehead atoms. The van der Waals surface area contributed by atoms with Gasteiger partial charge in [-0.15, -0.1) is 0 Å². The third-order valence-electron chi connectivity index (χ3n) is 5.52. The molecule has 0 saturated carbocycles. The van der Waals surface area contributed by atoms with Crippen LogP contribution in [0, 0.1) is 11.7 Å². The first kappa shape index (κ1) is 24.2. The number of nitrogens with zero attached hydrogens (tertiary/aromatic N) is 1. The van der Waals surface area contributed by atoms with Crippen LogP contribution in [-0.4, -0.2) is 30.9 Å². The van der Waals surface area contributed by atoms with Crippen molar-refractivity contribution in [2.75, 3.05) is 23.4 Å². The van der Waals surface area contributed by atoms with Gasteiger partial charge in [0.2, 0.25) is 11.8 Å². The predicted molar refractivity (Wildman–Crippen MR) is 131 cm³/mol. The average Bonchev–Trinajstić information content (AvgIpc) is 3.25. The van der Waals surface area contributed by atoms with Crippen molar-refractivity contribution in [1.29, 1.82) is 0 Å². The third-order valence-corrected chi connectivity index (χ3v) is 5.77. The zero-order chi connectivity index (χ0) is 24.8. The second-order valence-corrected chi connectivity index (χ2v) is 8.52. The molecule has 4 rings (SSSR count). The molecule has 35 heavy (non-hydrogen) atoms. The van der Waals surface area contributed by atoms with Gasteiger partial charge in [-0.3, -0.25) is 14.4 Å². The number of halogens is 2. The molecule has 1 saturated heterocycles. The number of amides is 3. The SMILES string of the molecule is O=C(COc1ccc(N2C[C@H](C(=O)NCc3ccc(Cl)cc3)CC2=O)cc1)Nc1ccc(F)cc1. The lowest BCUT2D eigenvalue weighted by Crippen LogP contribution is -2.32. The van der Waals surface area contributed by atoms with Crippen molar-refractivity contribution in [3.63, 3.8) is 0 Å². The minimum Gasteiger partial charge on any atom is -0.484 e. The molecule has 3 aromatic rings. The van der Waals surface area contributed by atoms with Crippen LogP contribution >= 0.6 is 11.6 Å². The summed E-state index contributed by atoms with van der Waals surface area (Å²) in [6, 6.07) is 19.3. The summed E-state index contributed by atoms with van der Waals surface area (Å²) >= 11 is 5.88. The van der Waals surface area contributed by atoms with Crippen LogP contribution in [0.2, 0.25) is 5.02 Å².